The third kappa shape index (κ3) is 6.23. The topological polar surface area (TPSA) is 66.6 Å². The van der Waals surface area contributed by atoms with Crippen molar-refractivity contribution in [3.8, 4) is 11.5 Å². The molecule has 1 unspecified atom stereocenters. The zero-order valence-corrected chi connectivity index (χ0v) is 21.6. The number of nitrogens with zero attached hydrogens (tertiary/aromatic N) is 1. The molecule has 0 amide bonds. The van der Waals surface area contributed by atoms with Crippen LogP contribution in [0.5, 0.6) is 11.5 Å². The first-order valence-electron chi connectivity index (χ1n) is 12.0. The number of benzene rings is 3. The smallest absolute Gasteiger partial charge is 0.253 e. The molecule has 4 aromatic rings. The normalized spacial score (nSPS) is 11.6. The van der Waals surface area contributed by atoms with Crippen LogP contribution in [0.25, 0.3) is 10.9 Å². The van der Waals surface area contributed by atoms with Gasteiger partial charge in [0.05, 0.1) is 26.3 Å². The van der Waals surface area contributed by atoms with E-state index >= 15 is 0 Å². The van der Waals surface area contributed by atoms with Crippen molar-refractivity contribution in [1.29, 1.82) is 0 Å². The van der Waals surface area contributed by atoms with E-state index in [0.717, 1.165) is 33.5 Å². The maximum Gasteiger partial charge on any atom is 0.253 e. The highest BCUT2D eigenvalue weighted by atomic mass is 32.1. The fraction of sp³-hybridized carbons (Fsp3) is 0.241. The van der Waals surface area contributed by atoms with E-state index in [9.17, 15) is 4.79 Å². The molecule has 0 fully saturated rings. The van der Waals surface area contributed by atoms with E-state index in [1.54, 1.807) is 7.11 Å². The maximum atomic E-state index is 13.0. The molecule has 1 atom stereocenters. The van der Waals surface area contributed by atoms with E-state index in [2.05, 4.69) is 29.4 Å². The van der Waals surface area contributed by atoms with Crippen molar-refractivity contribution in [2.75, 3.05) is 13.7 Å². The second kappa shape index (κ2) is 11.7. The van der Waals surface area contributed by atoms with E-state index in [4.69, 9.17) is 21.7 Å². The minimum Gasteiger partial charge on any atom is -0.497 e. The third-order valence-corrected chi connectivity index (χ3v) is 6.40. The number of methoxy groups -OCH3 is 1. The molecule has 36 heavy (non-hydrogen) atoms. The van der Waals surface area contributed by atoms with Crippen LogP contribution < -0.4 is 20.3 Å². The predicted octanol–water partition coefficient (Wildman–Crippen LogP) is 5.57. The molecule has 0 aliphatic heterocycles. The van der Waals surface area contributed by atoms with E-state index in [-0.39, 0.29) is 11.6 Å². The summed E-state index contributed by atoms with van der Waals surface area (Å²) in [6.45, 7) is 5.49. The molecule has 0 aliphatic rings. The van der Waals surface area contributed by atoms with Crippen LogP contribution in [0.4, 0.5) is 0 Å². The Bertz CT molecular complexity index is 1370. The number of hydrogen-bond acceptors (Lipinski definition) is 4. The van der Waals surface area contributed by atoms with Crippen molar-refractivity contribution in [1.82, 2.24) is 15.2 Å². The van der Waals surface area contributed by atoms with Crippen molar-refractivity contribution in [3.63, 3.8) is 0 Å². The van der Waals surface area contributed by atoms with E-state index in [0.29, 0.717) is 30.4 Å². The molecule has 6 nitrogen and oxygen atoms in total. The van der Waals surface area contributed by atoms with Crippen molar-refractivity contribution in [2.45, 2.75) is 33.0 Å². The van der Waals surface area contributed by atoms with Crippen LogP contribution in [0.15, 0.2) is 83.7 Å². The quantitative estimate of drug-likeness (QED) is 0.292. The van der Waals surface area contributed by atoms with Crippen molar-refractivity contribution in [3.05, 3.63) is 106 Å². The van der Waals surface area contributed by atoms with Crippen LogP contribution in [0, 0.1) is 0 Å². The summed E-state index contributed by atoms with van der Waals surface area (Å²) in [4.78, 5) is 18.0. The van der Waals surface area contributed by atoms with E-state index in [1.165, 1.54) is 0 Å². The Hall–Kier alpha value is -3.84. The average molecular weight is 502 g/mol. The lowest BCUT2D eigenvalue weighted by atomic mass is 10.1. The first-order valence-corrected chi connectivity index (χ1v) is 12.4. The van der Waals surface area contributed by atoms with Gasteiger partial charge in [0.25, 0.3) is 5.56 Å². The summed E-state index contributed by atoms with van der Waals surface area (Å²) in [6.07, 6.45) is 0. The summed E-state index contributed by atoms with van der Waals surface area (Å²) in [5.74, 6) is 1.56. The number of fused-ring (bicyclic) bond motifs is 1. The van der Waals surface area contributed by atoms with Gasteiger partial charge in [0.2, 0.25) is 0 Å². The van der Waals surface area contributed by atoms with Gasteiger partial charge in [-0.2, -0.15) is 0 Å². The minimum atomic E-state index is -0.134. The molecule has 0 saturated heterocycles. The number of ether oxygens (including phenoxy) is 2. The molecule has 0 saturated carbocycles. The van der Waals surface area contributed by atoms with E-state index in [1.807, 2.05) is 78.6 Å². The minimum absolute atomic E-state index is 0.0145. The van der Waals surface area contributed by atoms with Crippen molar-refractivity contribution >= 4 is 28.2 Å². The zero-order chi connectivity index (χ0) is 25.5. The fourth-order valence-corrected chi connectivity index (χ4v) is 4.37. The van der Waals surface area contributed by atoms with Gasteiger partial charge in [-0.3, -0.25) is 4.79 Å². The van der Waals surface area contributed by atoms with Gasteiger partial charge in [-0.25, -0.2) is 0 Å². The molecule has 0 aliphatic carbocycles. The molecule has 2 N–H and O–H groups in total. The molecule has 1 aromatic heterocycles. The summed E-state index contributed by atoms with van der Waals surface area (Å²) in [7, 11) is 1.65. The van der Waals surface area contributed by atoms with Gasteiger partial charge < -0.3 is 24.7 Å². The van der Waals surface area contributed by atoms with Gasteiger partial charge in [0.15, 0.2) is 5.11 Å². The SMILES string of the molecule is CCOc1ccc2[nH]c(=O)c(CN(Cc3ccc(OC)cc3)C(=S)NC(C)c3ccccc3)cc2c1. The Morgan fingerprint density at radius 3 is 2.42 bits per heavy atom. The first kappa shape index (κ1) is 25.3. The molecule has 4 rings (SSSR count). The van der Waals surface area contributed by atoms with Gasteiger partial charge in [-0.1, -0.05) is 42.5 Å². The number of H-pyrrole nitrogens is 1. The maximum absolute atomic E-state index is 13.0. The van der Waals surface area contributed by atoms with Crippen LogP contribution in [0.2, 0.25) is 0 Å². The molecule has 0 bridgehead atoms. The summed E-state index contributed by atoms with van der Waals surface area (Å²) in [5, 5.41) is 4.93. The molecule has 1 heterocycles. The monoisotopic (exact) mass is 501 g/mol. The van der Waals surface area contributed by atoms with Gasteiger partial charge in [0.1, 0.15) is 11.5 Å². The molecule has 7 heteroatoms. The molecular weight excluding hydrogens is 470 g/mol. The largest absolute Gasteiger partial charge is 0.497 e. The molecule has 0 spiro atoms. The number of aromatic nitrogens is 1. The highest BCUT2D eigenvalue weighted by Crippen LogP contribution is 2.21. The van der Waals surface area contributed by atoms with Gasteiger partial charge in [-0.05, 0) is 73.6 Å². The third-order valence-electron chi connectivity index (χ3n) is 6.02. The lowest BCUT2D eigenvalue weighted by Gasteiger charge is -2.28. The number of pyridine rings is 1. The number of nitrogens with one attached hydrogen (secondary N) is 2. The molecule has 3 aromatic carbocycles. The first-order chi connectivity index (χ1) is 17.5. The fourth-order valence-electron chi connectivity index (χ4n) is 4.06. The van der Waals surface area contributed by atoms with Crippen molar-refractivity contribution < 1.29 is 9.47 Å². The van der Waals surface area contributed by atoms with Crippen molar-refractivity contribution in [2.24, 2.45) is 0 Å². The Balaban J connectivity index is 1.62. The average Bonchev–Trinajstić information content (AvgIpc) is 2.90. The Morgan fingerprint density at radius 2 is 1.72 bits per heavy atom. The Labute approximate surface area is 216 Å². The van der Waals surface area contributed by atoms with E-state index < -0.39 is 0 Å². The lowest BCUT2D eigenvalue weighted by molar-refractivity contribution is 0.340. The Morgan fingerprint density at radius 1 is 1.00 bits per heavy atom. The summed E-state index contributed by atoms with van der Waals surface area (Å²) in [5.41, 5.74) is 3.46. The zero-order valence-electron chi connectivity index (χ0n) is 20.8. The van der Waals surface area contributed by atoms with Gasteiger partial charge in [0, 0.05) is 23.0 Å². The number of rotatable bonds is 9. The van der Waals surface area contributed by atoms with Crippen LogP contribution in [0.1, 0.15) is 36.6 Å². The highest BCUT2D eigenvalue weighted by Gasteiger charge is 2.17. The predicted molar refractivity (Wildman–Crippen MR) is 149 cm³/mol. The second-order valence-electron chi connectivity index (χ2n) is 8.59. The summed E-state index contributed by atoms with van der Waals surface area (Å²) < 4.78 is 10.9. The number of thiocarbonyl (C=S) groups is 1. The number of hydrogen-bond donors (Lipinski definition) is 2. The van der Waals surface area contributed by atoms with Crippen LogP contribution in [-0.2, 0) is 13.1 Å². The highest BCUT2D eigenvalue weighted by molar-refractivity contribution is 7.80. The van der Waals surface area contributed by atoms with Crippen LogP contribution >= 0.6 is 12.2 Å². The molecular formula is C29H31N3O3S. The lowest BCUT2D eigenvalue weighted by Crippen LogP contribution is -2.41. The Kier molecular flexibility index (Phi) is 8.23. The van der Waals surface area contributed by atoms with Gasteiger partial charge >= 0.3 is 0 Å². The molecule has 186 valence electrons. The number of aromatic amines is 1. The summed E-state index contributed by atoms with van der Waals surface area (Å²) in [6, 6.07) is 25.6. The summed E-state index contributed by atoms with van der Waals surface area (Å²) >= 11 is 5.85. The molecule has 0 radical (unpaired) electrons. The van der Waals surface area contributed by atoms with Gasteiger partial charge in [-0.15, -0.1) is 0 Å². The second-order valence-corrected chi connectivity index (χ2v) is 8.98. The van der Waals surface area contributed by atoms with Crippen LogP contribution in [0.3, 0.4) is 0 Å². The van der Waals surface area contributed by atoms with Crippen LogP contribution in [-0.4, -0.2) is 28.7 Å². The standard InChI is InChI=1S/C29H31N3O3S/c1-4-35-26-14-15-27-23(17-26)16-24(28(33)31-27)19-32(18-21-10-12-25(34-3)13-11-21)29(36)30-20(2)22-8-6-5-7-9-22/h5-17,20H,4,18-19H2,1-3H3,(H,30,36)(H,31,33).